The summed E-state index contributed by atoms with van der Waals surface area (Å²) in [7, 11) is -8.72. The van der Waals surface area contributed by atoms with Crippen LogP contribution in [0.25, 0.3) is 11.2 Å². The molecule has 0 saturated carbocycles. The van der Waals surface area contributed by atoms with Crippen molar-refractivity contribution in [3.63, 3.8) is 0 Å². The SMILES string of the molecule is O=S(=O)(O)CCCn1cnc2c(NS(=O)(=O)c3cccc(P(=[Se])(c4ccccc4)c4c(F)c(F)c(F)c(F)c4F)c3)ncnc21. The molecule has 2 heterocycles. The summed E-state index contributed by atoms with van der Waals surface area (Å²) in [5.41, 5.74) is -3.68. The van der Waals surface area contributed by atoms with E-state index in [1.54, 1.807) is 6.07 Å². The van der Waals surface area contributed by atoms with Gasteiger partial charge in [-0.15, -0.1) is 0 Å². The van der Waals surface area contributed by atoms with Crippen molar-refractivity contribution in [1.29, 1.82) is 0 Å². The molecule has 0 amide bonds. The third-order valence-corrected chi connectivity index (χ3v) is 15.5. The van der Waals surface area contributed by atoms with E-state index in [9.17, 15) is 30.0 Å². The Bertz CT molecular complexity index is 2200. The van der Waals surface area contributed by atoms with Gasteiger partial charge in [-0.2, -0.15) is 8.42 Å². The van der Waals surface area contributed by atoms with Crippen molar-refractivity contribution in [3.05, 3.63) is 96.3 Å². The van der Waals surface area contributed by atoms with Crippen LogP contribution in [0.2, 0.25) is 0 Å². The number of halogens is 5. The first-order valence-electron chi connectivity index (χ1n) is 12.6. The number of nitrogens with one attached hydrogen (secondary N) is 1. The van der Waals surface area contributed by atoms with Gasteiger partial charge >= 0.3 is 232 Å². The zero-order valence-corrected chi connectivity index (χ0v) is 26.6. The van der Waals surface area contributed by atoms with E-state index in [-0.39, 0.29) is 40.6 Å². The fraction of sp³-hybridized carbons (Fsp3) is 0.115. The molecule has 5 rings (SSSR count). The molecule has 0 aliphatic heterocycles. The quantitative estimate of drug-likeness (QED) is 0.0554. The average Bonchev–Trinajstić information content (AvgIpc) is 3.42. The van der Waals surface area contributed by atoms with Crippen LogP contribution in [0, 0.1) is 29.1 Å². The monoisotopic (exact) mass is 751 g/mol. The van der Waals surface area contributed by atoms with Gasteiger partial charge in [-0.05, 0) is 0 Å². The molecule has 0 saturated heterocycles. The molecule has 0 radical (unpaired) electrons. The van der Waals surface area contributed by atoms with Gasteiger partial charge in [-0.3, -0.25) is 4.55 Å². The molecule has 3 aromatic carbocycles. The van der Waals surface area contributed by atoms with Gasteiger partial charge in [0.15, 0.2) is 0 Å². The number of aryl methyl sites for hydroxylation is 1. The molecule has 0 aliphatic rings. The molecule has 0 fully saturated rings. The molecule has 236 valence electrons. The van der Waals surface area contributed by atoms with Gasteiger partial charge in [0.2, 0.25) is 0 Å². The normalized spacial score (nSPS) is 13.6. The topological polar surface area (TPSA) is 144 Å². The van der Waals surface area contributed by atoms with E-state index in [1.807, 2.05) is 0 Å². The number of imidazole rings is 1. The van der Waals surface area contributed by atoms with E-state index >= 15 is 8.78 Å². The summed E-state index contributed by atoms with van der Waals surface area (Å²) in [5.74, 6) is -11.5. The molecular weight excluding hydrogens is 731 g/mol. The first-order valence-corrected chi connectivity index (χ1v) is 19.7. The van der Waals surface area contributed by atoms with Crippen molar-refractivity contribution >= 4 is 73.6 Å². The van der Waals surface area contributed by atoms with Crippen LogP contribution >= 0.6 is 5.51 Å². The van der Waals surface area contributed by atoms with Crippen LogP contribution in [-0.4, -0.2) is 61.8 Å². The summed E-state index contributed by atoms with van der Waals surface area (Å²) in [5, 5.41) is -1.02. The summed E-state index contributed by atoms with van der Waals surface area (Å²) >= 11 is 2.65. The summed E-state index contributed by atoms with van der Waals surface area (Å²) < 4.78 is 135. The van der Waals surface area contributed by atoms with Gasteiger partial charge in [0.05, 0.1) is 5.75 Å². The molecule has 10 nitrogen and oxygen atoms in total. The first-order chi connectivity index (χ1) is 21.1. The van der Waals surface area contributed by atoms with Gasteiger partial charge in [-0.1, -0.05) is 0 Å². The Morgan fingerprint density at radius 3 is 2.09 bits per heavy atom. The van der Waals surface area contributed by atoms with Crippen molar-refractivity contribution in [2.24, 2.45) is 0 Å². The van der Waals surface area contributed by atoms with Crippen LogP contribution in [0.15, 0.2) is 72.1 Å². The summed E-state index contributed by atoms with van der Waals surface area (Å²) in [6.45, 7) is 0.0670. The van der Waals surface area contributed by atoms with Crippen LogP contribution in [0.4, 0.5) is 27.8 Å². The van der Waals surface area contributed by atoms with E-state index in [0.29, 0.717) is 0 Å². The Morgan fingerprint density at radius 1 is 0.822 bits per heavy atom. The minimum atomic E-state index is -4.52. The zero-order chi connectivity index (χ0) is 32.7. The van der Waals surface area contributed by atoms with Crippen molar-refractivity contribution in [3.8, 4) is 0 Å². The second-order valence-corrected chi connectivity index (χ2v) is 18.8. The molecule has 2 aromatic heterocycles. The number of benzene rings is 3. The van der Waals surface area contributed by atoms with Crippen molar-refractivity contribution in [2.45, 2.75) is 17.9 Å². The van der Waals surface area contributed by atoms with Gasteiger partial charge in [0.25, 0.3) is 10.1 Å². The zero-order valence-electron chi connectivity index (χ0n) is 22.4. The van der Waals surface area contributed by atoms with Crippen LogP contribution in [-0.2, 0) is 26.7 Å². The van der Waals surface area contributed by atoms with Crippen molar-refractivity contribution in [2.75, 3.05) is 10.5 Å². The van der Waals surface area contributed by atoms with E-state index < -0.39 is 70.7 Å². The van der Waals surface area contributed by atoms with Gasteiger partial charge < -0.3 is 0 Å². The van der Waals surface area contributed by atoms with Gasteiger partial charge in [0.1, 0.15) is 0 Å². The summed E-state index contributed by atoms with van der Waals surface area (Å²) in [4.78, 5) is 11.7. The first kappa shape index (κ1) is 32.9. The fourth-order valence-corrected chi connectivity index (χ4v) is 11.4. The van der Waals surface area contributed by atoms with E-state index in [0.717, 1.165) is 18.5 Å². The van der Waals surface area contributed by atoms with Crippen LogP contribution in [0.3, 0.4) is 0 Å². The van der Waals surface area contributed by atoms with E-state index in [1.165, 1.54) is 47.3 Å². The van der Waals surface area contributed by atoms with E-state index in [2.05, 4.69) is 34.8 Å². The second-order valence-electron chi connectivity index (χ2n) is 9.44. The Labute approximate surface area is 260 Å². The molecule has 1 atom stereocenters. The third-order valence-electron chi connectivity index (χ3n) is 6.55. The number of fused-ring (bicyclic) bond motifs is 1. The summed E-state index contributed by atoms with van der Waals surface area (Å²) in [6, 6.07) is 12.2. The van der Waals surface area contributed by atoms with Crippen LogP contribution < -0.4 is 20.6 Å². The number of nitrogens with zero attached hydrogens (tertiary/aromatic N) is 4. The average molecular weight is 751 g/mol. The fourth-order valence-electron chi connectivity index (χ4n) is 4.48. The van der Waals surface area contributed by atoms with Crippen molar-refractivity contribution in [1.82, 2.24) is 19.5 Å². The van der Waals surface area contributed by atoms with Gasteiger partial charge in [0, 0.05) is 0 Å². The molecular formula is C26H19F5N5O5PS2Se. The van der Waals surface area contributed by atoms with E-state index in [4.69, 9.17) is 4.55 Å². The molecule has 2 N–H and O–H groups in total. The van der Waals surface area contributed by atoms with Crippen LogP contribution in [0.5, 0.6) is 0 Å². The van der Waals surface area contributed by atoms with Crippen molar-refractivity contribution < 1.29 is 43.3 Å². The number of rotatable bonds is 10. The summed E-state index contributed by atoms with van der Waals surface area (Å²) in [6.07, 6.45) is 2.32. The number of hydrogen-bond acceptors (Lipinski definition) is 7. The predicted octanol–water partition coefficient (Wildman–Crippen LogP) is 2.98. The number of sulfonamides is 1. The molecule has 0 aliphatic carbocycles. The standard InChI is InChI=1S/C26H19F5N5O5PS2Se/c27-18-19(28)21(30)24(22(31)20(18)29)42(45,15-6-2-1-3-7-15)16-8-4-9-17(12-16)44(40,41)35-25-23-26(33-13-32-25)36(14-34-23)10-5-11-43(37,38)39/h1-4,6-9,12-14H,5,10-11H2,(H,32,33,35)(H,37,38,39). The van der Waals surface area contributed by atoms with Gasteiger partial charge in [-0.25, -0.2) is 0 Å². The Hall–Kier alpha value is -3.53. The maximum atomic E-state index is 15.3. The molecule has 5 aromatic rings. The molecule has 1 unspecified atom stereocenters. The predicted molar refractivity (Wildman–Crippen MR) is 158 cm³/mol. The molecule has 0 bridgehead atoms. The number of aromatic nitrogens is 4. The second kappa shape index (κ2) is 12.3. The molecule has 19 heteroatoms. The Kier molecular flexibility index (Phi) is 9.01. The molecule has 0 spiro atoms. The Morgan fingerprint density at radius 2 is 1.44 bits per heavy atom. The third kappa shape index (κ3) is 6.30. The minimum absolute atomic E-state index is 0.000414. The molecule has 45 heavy (non-hydrogen) atoms. The number of anilines is 1. The Balaban J connectivity index is 1.58. The van der Waals surface area contributed by atoms with Crippen LogP contribution in [0.1, 0.15) is 6.42 Å². The number of hydrogen-bond donors (Lipinski definition) is 2. The maximum absolute atomic E-state index is 15.3.